The largest absolute Gasteiger partial charge is 0.497 e. The minimum Gasteiger partial charge on any atom is -0.497 e. The standard InChI is InChI=1S/C20H15F3O2/c1-24-15-7-3-12(4-8-15)18(21)19(22)14-5-9-16-13(11-14)6-10-17(25-2)20(16)23/h3-11H,1-2H3. The van der Waals surface area contributed by atoms with Crippen LogP contribution < -0.4 is 9.47 Å². The van der Waals surface area contributed by atoms with E-state index in [1.54, 1.807) is 18.2 Å². The first-order chi connectivity index (χ1) is 12.0. The molecule has 2 nitrogen and oxygen atoms in total. The average molecular weight is 344 g/mol. The Morgan fingerprint density at radius 1 is 0.760 bits per heavy atom. The van der Waals surface area contributed by atoms with Crippen LogP contribution in [0.5, 0.6) is 11.5 Å². The van der Waals surface area contributed by atoms with Gasteiger partial charge in [0.2, 0.25) is 0 Å². The second-order valence-electron chi connectivity index (χ2n) is 5.37. The lowest BCUT2D eigenvalue weighted by Crippen LogP contribution is -1.90. The van der Waals surface area contributed by atoms with Crippen molar-refractivity contribution in [3.8, 4) is 11.5 Å². The molecule has 3 aromatic carbocycles. The lowest BCUT2D eigenvalue weighted by Gasteiger charge is -2.08. The minimum atomic E-state index is -1.01. The van der Waals surface area contributed by atoms with Crippen molar-refractivity contribution in [2.24, 2.45) is 0 Å². The van der Waals surface area contributed by atoms with Crippen molar-refractivity contribution in [1.29, 1.82) is 0 Å². The number of hydrogen-bond donors (Lipinski definition) is 0. The normalized spacial score (nSPS) is 12.0. The molecule has 0 aliphatic heterocycles. The summed E-state index contributed by atoms with van der Waals surface area (Å²) in [6, 6.07) is 13.1. The van der Waals surface area contributed by atoms with Gasteiger partial charge in [-0.1, -0.05) is 18.2 Å². The van der Waals surface area contributed by atoms with Gasteiger partial charge in [-0.25, -0.2) is 13.2 Å². The van der Waals surface area contributed by atoms with Crippen molar-refractivity contribution in [3.63, 3.8) is 0 Å². The first kappa shape index (κ1) is 16.9. The third-order valence-electron chi connectivity index (χ3n) is 3.93. The van der Waals surface area contributed by atoms with E-state index in [9.17, 15) is 13.2 Å². The summed E-state index contributed by atoms with van der Waals surface area (Å²) in [5.41, 5.74) is 0.129. The molecule has 0 saturated heterocycles. The highest BCUT2D eigenvalue weighted by atomic mass is 19.2. The first-order valence-corrected chi connectivity index (χ1v) is 7.51. The molecule has 0 N–H and O–H groups in total. The SMILES string of the molecule is COc1ccc(C(F)=C(F)c2ccc3c(F)c(OC)ccc3c2)cc1. The Balaban J connectivity index is 2.04. The molecule has 3 aromatic rings. The maximum Gasteiger partial charge on any atom is 0.172 e. The maximum absolute atomic E-state index is 14.5. The molecule has 0 aliphatic carbocycles. The molecule has 0 aromatic heterocycles. The quantitative estimate of drug-likeness (QED) is 0.560. The number of rotatable bonds is 4. The van der Waals surface area contributed by atoms with Gasteiger partial charge in [-0.2, -0.15) is 0 Å². The summed E-state index contributed by atoms with van der Waals surface area (Å²) < 4.78 is 53.0. The monoisotopic (exact) mass is 344 g/mol. The Morgan fingerprint density at radius 3 is 2.04 bits per heavy atom. The van der Waals surface area contributed by atoms with E-state index >= 15 is 0 Å². The molecule has 0 spiro atoms. The van der Waals surface area contributed by atoms with Crippen LogP contribution >= 0.6 is 0 Å². The van der Waals surface area contributed by atoms with Crippen LogP contribution in [-0.2, 0) is 0 Å². The molecule has 0 bridgehead atoms. The average Bonchev–Trinajstić information content (AvgIpc) is 2.67. The van der Waals surface area contributed by atoms with Crippen molar-refractivity contribution in [1.82, 2.24) is 0 Å². The van der Waals surface area contributed by atoms with Crippen LogP contribution in [0.25, 0.3) is 22.4 Å². The van der Waals surface area contributed by atoms with E-state index < -0.39 is 17.5 Å². The van der Waals surface area contributed by atoms with Crippen molar-refractivity contribution in [2.45, 2.75) is 0 Å². The fraction of sp³-hybridized carbons (Fsp3) is 0.100. The van der Waals surface area contributed by atoms with Gasteiger partial charge in [-0.05, 0) is 41.8 Å². The van der Waals surface area contributed by atoms with Gasteiger partial charge in [-0.3, -0.25) is 0 Å². The van der Waals surface area contributed by atoms with Crippen LogP contribution in [0.3, 0.4) is 0 Å². The number of benzene rings is 3. The van der Waals surface area contributed by atoms with Crippen molar-refractivity contribution in [2.75, 3.05) is 14.2 Å². The predicted molar refractivity (Wildman–Crippen MR) is 92.5 cm³/mol. The molecule has 0 atom stereocenters. The first-order valence-electron chi connectivity index (χ1n) is 7.51. The molecule has 0 saturated carbocycles. The Bertz CT molecular complexity index is 947. The summed E-state index contributed by atoms with van der Waals surface area (Å²) in [6.45, 7) is 0. The summed E-state index contributed by atoms with van der Waals surface area (Å²) in [6.07, 6.45) is 0. The lowest BCUT2D eigenvalue weighted by atomic mass is 10.0. The molecule has 5 heteroatoms. The van der Waals surface area contributed by atoms with Gasteiger partial charge in [0, 0.05) is 16.5 Å². The molecular formula is C20H15F3O2. The van der Waals surface area contributed by atoms with Crippen LogP contribution in [0.15, 0.2) is 54.6 Å². The highest BCUT2D eigenvalue weighted by Crippen LogP contribution is 2.33. The molecule has 128 valence electrons. The van der Waals surface area contributed by atoms with Crippen LogP contribution in [0, 0.1) is 5.82 Å². The zero-order chi connectivity index (χ0) is 18.0. The Labute approximate surface area is 143 Å². The van der Waals surface area contributed by atoms with Gasteiger partial charge >= 0.3 is 0 Å². The van der Waals surface area contributed by atoms with E-state index in [-0.39, 0.29) is 22.3 Å². The third kappa shape index (κ3) is 3.18. The van der Waals surface area contributed by atoms with Gasteiger partial charge in [0.05, 0.1) is 14.2 Å². The highest BCUT2D eigenvalue weighted by molar-refractivity contribution is 5.91. The molecular weight excluding hydrogens is 329 g/mol. The molecule has 0 fully saturated rings. The molecule has 3 rings (SSSR count). The second-order valence-corrected chi connectivity index (χ2v) is 5.37. The number of ether oxygens (including phenoxy) is 2. The molecule has 0 radical (unpaired) electrons. The van der Waals surface area contributed by atoms with E-state index in [4.69, 9.17) is 9.47 Å². The Kier molecular flexibility index (Phi) is 4.65. The van der Waals surface area contributed by atoms with E-state index in [1.165, 1.54) is 50.6 Å². The smallest absolute Gasteiger partial charge is 0.172 e. The summed E-state index contributed by atoms with van der Waals surface area (Å²) in [5.74, 6) is -1.89. The molecule has 25 heavy (non-hydrogen) atoms. The van der Waals surface area contributed by atoms with Crippen molar-refractivity contribution in [3.05, 3.63) is 71.5 Å². The molecule has 0 unspecified atom stereocenters. The van der Waals surface area contributed by atoms with Crippen LogP contribution in [0.1, 0.15) is 11.1 Å². The van der Waals surface area contributed by atoms with Crippen LogP contribution in [-0.4, -0.2) is 14.2 Å². The lowest BCUT2D eigenvalue weighted by molar-refractivity contribution is 0.389. The molecule has 0 amide bonds. The van der Waals surface area contributed by atoms with E-state index in [0.717, 1.165) is 0 Å². The third-order valence-corrected chi connectivity index (χ3v) is 3.93. The van der Waals surface area contributed by atoms with Gasteiger partial charge in [0.15, 0.2) is 23.2 Å². The summed E-state index contributed by atoms with van der Waals surface area (Å²) >= 11 is 0. The maximum atomic E-state index is 14.5. The predicted octanol–water partition coefficient (Wildman–Crippen LogP) is 5.76. The van der Waals surface area contributed by atoms with Crippen molar-refractivity contribution < 1.29 is 22.6 Å². The number of hydrogen-bond acceptors (Lipinski definition) is 2. The summed E-state index contributed by atoms with van der Waals surface area (Å²) in [5, 5.41) is 0.731. The van der Waals surface area contributed by atoms with Gasteiger partial charge in [-0.15, -0.1) is 0 Å². The number of fused-ring (bicyclic) bond motifs is 1. The summed E-state index contributed by atoms with van der Waals surface area (Å²) in [4.78, 5) is 0. The fourth-order valence-electron chi connectivity index (χ4n) is 2.56. The Hall–Kier alpha value is -2.95. The van der Waals surface area contributed by atoms with E-state index in [0.29, 0.717) is 11.1 Å². The second kappa shape index (κ2) is 6.89. The van der Waals surface area contributed by atoms with Crippen molar-refractivity contribution >= 4 is 22.4 Å². The fourth-order valence-corrected chi connectivity index (χ4v) is 2.56. The zero-order valence-electron chi connectivity index (χ0n) is 13.6. The van der Waals surface area contributed by atoms with Crippen LogP contribution in [0.2, 0.25) is 0 Å². The Morgan fingerprint density at radius 2 is 1.40 bits per heavy atom. The van der Waals surface area contributed by atoms with E-state index in [2.05, 4.69) is 0 Å². The van der Waals surface area contributed by atoms with Gasteiger partial charge in [0.25, 0.3) is 0 Å². The molecule has 0 heterocycles. The zero-order valence-corrected chi connectivity index (χ0v) is 13.6. The highest BCUT2D eigenvalue weighted by Gasteiger charge is 2.14. The molecule has 0 aliphatic rings. The van der Waals surface area contributed by atoms with Crippen LogP contribution in [0.4, 0.5) is 13.2 Å². The summed E-state index contributed by atoms with van der Waals surface area (Å²) in [7, 11) is 2.86. The van der Waals surface area contributed by atoms with Gasteiger partial charge < -0.3 is 9.47 Å². The van der Waals surface area contributed by atoms with E-state index in [1.807, 2.05) is 0 Å². The number of halogens is 3. The topological polar surface area (TPSA) is 18.5 Å². The van der Waals surface area contributed by atoms with Gasteiger partial charge in [0.1, 0.15) is 5.75 Å². The number of methoxy groups -OCH3 is 2. The minimum absolute atomic E-state index is 0.0328.